The Morgan fingerprint density at radius 2 is 2.21 bits per heavy atom. The van der Waals surface area contributed by atoms with Crippen LogP contribution in [0, 0.1) is 5.92 Å². The summed E-state index contributed by atoms with van der Waals surface area (Å²) in [4.78, 5) is 15.2. The van der Waals surface area contributed by atoms with Gasteiger partial charge in [0.15, 0.2) is 0 Å². The molecule has 1 atom stereocenters. The van der Waals surface area contributed by atoms with Gasteiger partial charge in [-0.2, -0.15) is 0 Å². The molecule has 1 heterocycles. The lowest BCUT2D eigenvalue weighted by Gasteiger charge is -2.31. The number of methoxy groups -OCH3 is 1. The molecule has 1 aliphatic heterocycles. The van der Waals surface area contributed by atoms with Crippen molar-refractivity contribution < 1.29 is 9.53 Å². The van der Waals surface area contributed by atoms with E-state index in [0.717, 1.165) is 38.2 Å². The van der Waals surface area contributed by atoms with Crippen LogP contribution in [-0.4, -0.2) is 43.4 Å². The Labute approximate surface area is 119 Å². The molecule has 1 saturated heterocycles. The van der Waals surface area contributed by atoms with Crippen LogP contribution in [0.4, 0.5) is 0 Å². The van der Waals surface area contributed by atoms with Gasteiger partial charge in [-0.1, -0.05) is 18.2 Å². The van der Waals surface area contributed by atoms with Gasteiger partial charge in [0.2, 0.25) is 0 Å². The SMILES string of the molecule is COC(=O)C1CCCN(CCSc2ccccc2)C1. The second-order valence-electron chi connectivity index (χ2n) is 4.82. The lowest BCUT2D eigenvalue weighted by Crippen LogP contribution is -2.40. The van der Waals surface area contributed by atoms with Crippen molar-refractivity contribution >= 4 is 17.7 Å². The molecule has 0 amide bonds. The van der Waals surface area contributed by atoms with Crippen LogP contribution in [0.25, 0.3) is 0 Å². The maximum Gasteiger partial charge on any atom is 0.309 e. The van der Waals surface area contributed by atoms with Crippen molar-refractivity contribution in [3.8, 4) is 0 Å². The lowest BCUT2D eigenvalue weighted by atomic mass is 9.98. The summed E-state index contributed by atoms with van der Waals surface area (Å²) in [6.07, 6.45) is 2.06. The Morgan fingerprint density at radius 3 is 2.95 bits per heavy atom. The number of rotatable bonds is 5. The summed E-state index contributed by atoms with van der Waals surface area (Å²) in [5.74, 6) is 1.08. The number of thioether (sulfide) groups is 1. The van der Waals surface area contributed by atoms with Crippen molar-refractivity contribution in [3.63, 3.8) is 0 Å². The van der Waals surface area contributed by atoms with Gasteiger partial charge >= 0.3 is 5.97 Å². The Morgan fingerprint density at radius 1 is 1.42 bits per heavy atom. The zero-order valence-electron chi connectivity index (χ0n) is 11.4. The molecule has 0 bridgehead atoms. The van der Waals surface area contributed by atoms with Crippen molar-refractivity contribution in [2.75, 3.05) is 32.5 Å². The number of nitrogens with zero attached hydrogens (tertiary/aromatic N) is 1. The van der Waals surface area contributed by atoms with Gasteiger partial charge < -0.3 is 9.64 Å². The molecule has 4 heteroatoms. The van der Waals surface area contributed by atoms with E-state index in [-0.39, 0.29) is 11.9 Å². The van der Waals surface area contributed by atoms with Gasteiger partial charge in [0, 0.05) is 23.7 Å². The molecule has 0 saturated carbocycles. The molecule has 2 rings (SSSR count). The first-order valence-corrected chi connectivity index (χ1v) is 7.76. The predicted molar refractivity (Wildman–Crippen MR) is 78.3 cm³/mol. The van der Waals surface area contributed by atoms with E-state index in [0.29, 0.717) is 0 Å². The molecule has 19 heavy (non-hydrogen) atoms. The van der Waals surface area contributed by atoms with E-state index in [1.165, 1.54) is 12.0 Å². The third kappa shape index (κ3) is 4.55. The fourth-order valence-electron chi connectivity index (χ4n) is 2.43. The summed E-state index contributed by atoms with van der Waals surface area (Å²) in [7, 11) is 1.48. The first-order valence-electron chi connectivity index (χ1n) is 6.77. The zero-order chi connectivity index (χ0) is 13.5. The van der Waals surface area contributed by atoms with E-state index in [1.807, 2.05) is 17.8 Å². The van der Waals surface area contributed by atoms with E-state index < -0.39 is 0 Å². The number of ether oxygens (including phenoxy) is 1. The normalized spacial score (nSPS) is 20.2. The highest BCUT2D eigenvalue weighted by Crippen LogP contribution is 2.20. The van der Waals surface area contributed by atoms with Gasteiger partial charge in [-0.25, -0.2) is 0 Å². The summed E-state index contributed by atoms with van der Waals surface area (Å²) in [6.45, 7) is 2.98. The third-order valence-corrected chi connectivity index (χ3v) is 4.45. The third-order valence-electron chi connectivity index (χ3n) is 3.46. The molecule has 0 spiro atoms. The molecule has 1 fully saturated rings. The second kappa shape index (κ2) is 7.56. The van der Waals surface area contributed by atoms with Crippen LogP contribution in [0.15, 0.2) is 35.2 Å². The monoisotopic (exact) mass is 279 g/mol. The quantitative estimate of drug-likeness (QED) is 0.612. The standard InChI is InChI=1S/C15H21NO2S/c1-18-15(17)13-6-5-9-16(12-13)10-11-19-14-7-3-2-4-8-14/h2-4,7-8,13H,5-6,9-12H2,1H3. The van der Waals surface area contributed by atoms with Gasteiger partial charge in [-0.3, -0.25) is 4.79 Å². The Bertz CT molecular complexity index is 396. The van der Waals surface area contributed by atoms with Crippen LogP contribution >= 0.6 is 11.8 Å². The largest absolute Gasteiger partial charge is 0.469 e. The fourth-order valence-corrected chi connectivity index (χ4v) is 3.36. The van der Waals surface area contributed by atoms with Gasteiger partial charge in [0.25, 0.3) is 0 Å². The van der Waals surface area contributed by atoms with Gasteiger partial charge in [0.05, 0.1) is 13.0 Å². The van der Waals surface area contributed by atoms with E-state index in [2.05, 4.69) is 29.2 Å². The van der Waals surface area contributed by atoms with E-state index in [1.54, 1.807) is 0 Å². The summed E-state index contributed by atoms with van der Waals surface area (Å²) in [6, 6.07) is 10.4. The zero-order valence-corrected chi connectivity index (χ0v) is 12.2. The minimum absolute atomic E-state index is 0.0552. The smallest absolute Gasteiger partial charge is 0.309 e. The predicted octanol–water partition coefficient (Wildman–Crippen LogP) is 2.66. The highest BCUT2D eigenvalue weighted by Gasteiger charge is 2.25. The number of likely N-dealkylation sites (tertiary alicyclic amines) is 1. The van der Waals surface area contributed by atoms with Crippen LogP contribution in [0.5, 0.6) is 0 Å². The first kappa shape index (κ1) is 14.4. The number of carbonyl (C=O) groups is 1. The Kier molecular flexibility index (Phi) is 5.73. The Hall–Kier alpha value is -1.00. The molecule has 0 radical (unpaired) electrons. The number of esters is 1. The molecule has 1 aromatic carbocycles. The molecule has 3 nitrogen and oxygen atoms in total. The van der Waals surface area contributed by atoms with Gasteiger partial charge in [0.1, 0.15) is 0 Å². The summed E-state index contributed by atoms with van der Waals surface area (Å²) >= 11 is 1.87. The topological polar surface area (TPSA) is 29.5 Å². The highest BCUT2D eigenvalue weighted by molar-refractivity contribution is 7.99. The number of hydrogen-bond donors (Lipinski definition) is 0. The van der Waals surface area contributed by atoms with E-state index in [4.69, 9.17) is 4.74 Å². The number of benzene rings is 1. The van der Waals surface area contributed by atoms with Crippen LogP contribution in [0.1, 0.15) is 12.8 Å². The molecule has 1 aromatic rings. The van der Waals surface area contributed by atoms with E-state index >= 15 is 0 Å². The molecule has 0 aliphatic carbocycles. The number of piperidine rings is 1. The maximum absolute atomic E-state index is 11.6. The van der Waals surface area contributed by atoms with Crippen molar-refractivity contribution in [2.45, 2.75) is 17.7 Å². The summed E-state index contributed by atoms with van der Waals surface area (Å²) < 4.78 is 4.84. The lowest BCUT2D eigenvalue weighted by molar-refractivity contribution is -0.147. The first-order chi connectivity index (χ1) is 9.29. The van der Waals surface area contributed by atoms with Crippen molar-refractivity contribution in [1.29, 1.82) is 0 Å². The van der Waals surface area contributed by atoms with Crippen LogP contribution in [0.3, 0.4) is 0 Å². The van der Waals surface area contributed by atoms with Gasteiger partial charge in [-0.15, -0.1) is 11.8 Å². The highest BCUT2D eigenvalue weighted by atomic mass is 32.2. The molecule has 0 N–H and O–H groups in total. The number of carbonyl (C=O) groups excluding carboxylic acids is 1. The molecule has 1 unspecified atom stereocenters. The van der Waals surface area contributed by atoms with E-state index in [9.17, 15) is 4.79 Å². The number of hydrogen-bond acceptors (Lipinski definition) is 4. The summed E-state index contributed by atoms with van der Waals surface area (Å²) in [5.41, 5.74) is 0. The Balaban J connectivity index is 1.72. The average molecular weight is 279 g/mol. The van der Waals surface area contributed by atoms with Gasteiger partial charge in [-0.05, 0) is 31.5 Å². The molecule has 0 aromatic heterocycles. The average Bonchev–Trinajstić information content (AvgIpc) is 2.48. The second-order valence-corrected chi connectivity index (χ2v) is 5.99. The van der Waals surface area contributed by atoms with Crippen molar-refractivity contribution in [2.24, 2.45) is 5.92 Å². The van der Waals surface area contributed by atoms with Crippen molar-refractivity contribution in [3.05, 3.63) is 30.3 Å². The molecular weight excluding hydrogens is 258 g/mol. The van der Waals surface area contributed by atoms with Crippen LogP contribution in [0.2, 0.25) is 0 Å². The molecule has 1 aliphatic rings. The fraction of sp³-hybridized carbons (Fsp3) is 0.533. The minimum Gasteiger partial charge on any atom is -0.469 e. The maximum atomic E-state index is 11.6. The summed E-state index contributed by atoms with van der Waals surface area (Å²) in [5, 5.41) is 0. The van der Waals surface area contributed by atoms with Crippen LogP contribution < -0.4 is 0 Å². The molecular formula is C15H21NO2S. The van der Waals surface area contributed by atoms with Crippen LogP contribution in [-0.2, 0) is 9.53 Å². The van der Waals surface area contributed by atoms with Crippen molar-refractivity contribution in [1.82, 2.24) is 4.90 Å². The minimum atomic E-state index is -0.0552. The molecule has 104 valence electrons.